The van der Waals surface area contributed by atoms with E-state index in [1.54, 1.807) is 59.3 Å². The van der Waals surface area contributed by atoms with E-state index in [1.807, 2.05) is 66.7 Å². The van der Waals surface area contributed by atoms with Crippen LogP contribution >= 0.6 is 0 Å². The summed E-state index contributed by atoms with van der Waals surface area (Å²) in [6.45, 7) is 0. The van der Waals surface area contributed by atoms with Crippen LogP contribution in [0.25, 0.3) is 16.9 Å². The maximum atomic E-state index is 14.1. The molecule has 186 valence electrons. The van der Waals surface area contributed by atoms with Crippen LogP contribution in [0.4, 0.5) is 10.5 Å². The lowest BCUT2D eigenvalue weighted by molar-refractivity contribution is 0.0958. The Morgan fingerprint density at radius 1 is 0.711 bits per heavy atom. The molecule has 4 aromatic carbocycles. The molecule has 3 amide bonds. The predicted octanol–water partition coefficient (Wildman–Crippen LogP) is 5.00. The van der Waals surface area contributed by atoms with Gasteiger partial charge in [0.25, 0.3) is 5.91 Å². The van der Waals surface area contributed by atoms with E-state index >= 15 is 0 Å². The first-order chi connectivity index (χ1) is 18.5. The van der Waals surface area contributed by atoms with E-state index in [1.165, 1.54) is 0 Å². The molecule has 1 heterocycles. The smallest absolute Gasteiger partial charge is 0.331 e. The van der Waals surface area contributed by atoms with Gasteiger partial charge < -0.3 is 5.73 Å². The van der Waals surface area contributed by atoms with E-state index in [4.69, 9.17) is 5.73 Å². The third-order valence-electron chi connectivity index (χ3n) is 5.84. The number of carbonyl (C=O) groups is 3. The molecule has 5 aromatic rings. The summed E-state index contributed by atoms with van der Waals surface area (Å²) in [5, 5.41) is 5.67. The highest BCUT2D eigenvalue weighted by Gasteiger charge is 2.33. The number of nitrogens with one attached hydrogen (secondary N) is 1. The molecule has 0 aliphatic rings. The summed E-state index contributed by atoms with van der Waals surface area (Å²) in [5.41, 5.74) is 10.3. The second kappa shape index (κ2) is 10.6. The van der Waals surface area contributed by atoms with Crippen LogP contribution in [0.3, 0.4) is 0 Å². The summed E-state index contributed by atoms with van der Waals surface area (Å²) in [4.78, 5) is 40.0. The third kappa shape index (κ3) is 4.78. The average molecular weight is 502 g/mol. The number of para-hydroxylation sites is 2. The zero-order chi connectivity index (χ0) is 26.5. The Morgan fingerprint density at radius 2 is 1.24 bits per heavy atom. The van der Waals surface area contributed by atoms with Gasteiger partial charge in [0.15, 0.2) is 11.5 Å². The molecule has 8 heteroatoms. The topological polar surface area (TPSA) is 110 Å². The van der Waals surface area contributed by atoms with Crippen molar-refractivity contribution in [2.45, 2.75) is 0 Å². The highest BCUT2D eigenvalue weighted by Crippen LogP contribution is 2.32. The normalized spacial score (nSPS) is 10.5. The lowest BCUT2D eigenvalue weighted by atomic mass is 9.97. The molecular formula is C30H23N5O3. The van der Waals surface area contributed by atoms with Gasteiger partial charge >= 0.3 is 6.03 Å². The molecule has 5 rings (SSSR count). The van der Waals surface area contributed by atoms with Crippen molar-refractivity contribution in [3.05, 3.63) is 138 Å². The first-order valence-corrected chi connectivity index (χ1v) is 11.8. The minimum atomic E-state index is -0.941. The van der Waals surface area contributed by atoms with Crippen LogP contribution in [0.15, 0.2) is 121 Å². The number of benzene rings is 4. The Kier molecular flexibility index (Phi) is 6.77. The number of urea groups is 1. The Labute approximate surface area is 218 Å². The minimum Gasteiger partial charge on any atom is -0.350 e. The number of carbonyl (C=O) groups excluding carboxylic acids is 3. The van der Waals surface area contributed by atoms with Crippen molar-refractivity contribution in [3.63, 3.8) is 0 Å². The van der Waals surface area contributed by atoms with Crippen LogP contribution in [0.1, 0.15) is 26.4 Å². The standard InChI is InChI=1S/C30H23N5O3/c31-30(38)33-35(24-19-11-4-12-20-24)29(37)26-25(28(36)22-15-7-2-8-16-22)27(21-13-5-1-6-14-21)34(32-26)23-17-9-3-10-18-23/h1-20H,(H3,31,33,38). The number of rotatable bonds is 6. The average Bonchev–Trinajstić information content (AvgIpc) is 3.37. The molecule has 0 radical (unpaired) electrons. The molecule has 3 N–H and O–H groups in total. The van der Waals surface area contributed by atoms with Crippen LogP contribution in [0.2, 0.25) is 0 Å². The van der Waals surface area contributed by atoms with Gasteiger partial charge in [-0.1, -0.05) is 97.1 Å². The number of aromatic nitrogens is 2. The van der Waals surface area contributed by atoms with Crippen molar-refractivity contribution < 1.29 is 14.4 Å². The van der Waals surface area contributed by atoms with Gasteiger partial charge in [-0.05, 0) is 24.3 Å². The maximum Gasteiger partial charge on any atom is 0.331 e. The molecule has 0 saturated heterocycles. The number of anilines is 1. The van der Waals surface area contributed by atoms with E-state index < -0.39 is 11.9 Å². The Balaban J connectivity index is 1.80. The van der Waals surface area contributed by atoms with E-state index in [9.17, 15) is 14.4 Å². The summed E-state index contributed by atoms with van der Waals surface area (Å²) >= 11 is 0. The van der Waals surface area contributed by atoms with Gasteiger partial charge in [0.2, 0.25) is 0 Å². The molecule has 0 spiro atoms. The lowest BCUT2D eigenvalue weighted by Gasteiger charge is -2.21. The third-order valence-corrected chi connectivity index (χ3v) is 5.84. The SMILES string of the molecule is NC(=O)NN(C(=O)c1nn(-c2ccccc2)c(-c2ccccc2)c1C(=O)c1ccccc1)c1ccccc1. The summed E-state index contributed by atoms with van der Waals surface area (Å²) < 4.78 is 1.58. The van der Waals surface area contributed by atoms with Gasteiger partial charge in [-0.15, -0.1) is 0 Å². The first-order valence-electron chi connectivity index (χ1n) is 11.8. The molecule has 0 atom stereocenters. The van der Waals surface area contributed by atoms with Gasteiger partial charge in [-0.25, -0.2) is 19.9 Å². The quantitative estimate of drug-likeness (QED) is 0.252. The Hall–Kier alpha value is -5.50. The second-order valence-corrected chi connectivity index (χ2v) is 8.33. The number of primary amides is 1. The van der Waals surface area contributed by atoms with Crippen LogP contribution in [-0.4, -0.2) is 27.5 Å². The predicted molar refractivity (Wildman–Crippen MR) is 145 cm³/mol. The molecule has 38 heavy (non-hydrogen) atoms. The molecule has 0 fully saturated rings. The van der Waals surface area contributed by atoms with Gasteiger partial charge in [-0.2, -0.15) is 5.10 Å². The molecular weight excluding hydrogens is 478 g/mol. The van der Waals surface area contributed by atoms with Gasteiger partial charge in [0.05, 0.1) is 22.6 Å². The molecule has 0 saturated carbocycles. The van der Waals surface area contributed by atoms with Gasteiger partial charge in [-0.3, -0.25) is 9.59 Å². The molecule has 1 aromatic heterocycles. The summed E-state index contributed by atoms with van der Waals surface area (Å²) in [6.07, 6.45) is 0. The largest absolute Gasteiger partial charge is 0.350 e. The molecule has 0 aliphatic carbocycles. The number of hydrogen-bond acceptors (Lipinski definition) is 4. The lowest BCUT2D eigenvalue weighted by Crippen LogP contribution is -2.49. The highest BCUT2D eigenvalue weighted by atomic mass is 16.2. The van der Waals surface area contributed by atoms with Crippen LogP contribution in [0.5, 0.6) is 0 Å². The van der Waals surface area contributed by atoms with E-state index in [0.717, 1.165) is 5.01 Å². The van der Waals surface area contributed by atoms with Crippen molar-refractivity contribution in [2.24, 2.45) is 5.73 Å². The van der Waals surface area contributed by atoms with Crippen molar-refractivity contribution in [2.75, 3.05) is 5.01 Å². The van der Waals surface area contributed by atoms with Crippen molar-refractivity contribution in [1.29, 1.82) is 0 Å². The number of hydrazine groups is 1. The molecule has 0 aliphatic heterocycles. The monoisotopic (exact) mass is 501 g/mol. The zero-order valence-corrected chi connectivity index (χ0v) is 20.2. The number of nitrogens with two attached hydrogens (primary N) is 1. The zero-order valence-electron chi connectivity index (χ0n) is 20.2. The number of nitrogens with zero attached hydrogens (tertiary/aromatic N) is 3. The number of hydrogen-bond donors (Lipinski definition) is 2. The fourth-order valence-electron chi connectivity index (χ4n) is 4.16. The van der Waals surface area contributed by atoms with E-state index in [0.29, 0.717) is 28.2 Å². The number of ketones is 1. The van der Waals surface area contributed by atoms with Crippen molar-refractivity contribution in [1.82, 2.24) is 15.2 Å². The maximum absolute atomic E-state index is 14.1. The first kappa shape index (κ1) is 24.2. The Morgan fingerprint density at radius 3 is 1.82 bits per heavy atom. The van der Waals surface area contributed by atoms with Crippen LogP contribution < -0.4 is 16.2 Å². The highest BCUT2D eigenvalue weighted by molar-refractivity contribution is 6.20. The Bertz CT molecular complexity index is 1590. The second-order valence-electron chi connectivity index (χ2n) is 8.33. The van der Waals surface area contributed by atoms with Crippen LogP contribution in [0, 0.1) is 0 Å². The summed E-state index contributed by atoms with van der Waals surface area (Å²) in [7, 11) is 0. The minimum absolute atomic E-state index is 0.100. The molecule has 8 nitrogen and oxygen atoms in total. The summed E-state index contributed by atoms with van der Waals surface area (Å²) in [5.74, 6) is -1.11. The fourth-order valence-corrected chi connectivity index (χ4v) is 4.16. The fraction of sp³-hybridized carbons (Fsp3) is 0. The van der Waals surface area contributed by atoms with E-state index in [-0.39, 0.29) is 17.0 Å². The molecule has 0 unspecified atom stereocenters. The van der Waals surface area contributed by atoms with Crippen molar-refractivity contribution >= 4 is 23.4 Å². The van der Waals surface area contributed by atoms with Gasteiger partial charge in [0.1, 0.15) is 0 Å². The summed E-state index contributed by atoms with van der Waals surface area (Å²) in [6, 6.07) is 34.7. The van der Waals surface area contributed by atoms with E-state index in [2.05, 4.69) is 10.5 Å². The van der Waals surface area contributed by atoms with Gasteiger partial charge in [0, 0.05) is 11.1 Å². The number of amides is 3. The van der Waals surface area contributed by atoms with Crippen molar-refractivity contribution in [3.8, 4) is 16.9 Å². The van der Waals surface area contributed by atoms with Crippen LogP contribution in [-0.2, 0) is 0 Å². The molecule has 0 bridgehead atoms.